The molecule has 2 nitrogen and oxygen atoms in total. The highest BCUT2D eigenvalue weighted by molar-refractivity contribution is 7.76. The van der Waals surface area contributed by atoms with E-state index in [0.717, 1.165) is 0 Å². The lowest BCUT2D eigenvalue weighted by Gasteiger charge is -2.37. The van der Waals surface area contributed by atoms with E-state index in [2.05, 4.69) is 171 Å². The van der Waals surface area contributed by atoms with E-state index in [4.69, 9.17) is 0 Å². The molecule has 0 saturated carbocycles. The molecule has 38 heavy (non-hydrogen) atoms. The largest absolute Gasteiger partial charge is 0.301 e. The smallest absolute Gasteiger partial charge is 0.0600 e. The lowest BCUT2D eigenvalue weighted by Crippen LogP contribution is -2.30. The minimum atomic E-state index is -0.762. The monoisotopic (exact) mass is 516 g/mol. The molecular weight excluding hydrogens is 479 g/mol. The van der Waals surface area contributed by atoms with Crippen LogP contribution in [0.3, 0.4) is 0 Å². The maximum atomic E-state index is 2.48. The van der Waals surface area contributed by atoms with E-state index in [-0.39, 0.29) is 18.0 Å². The molecule has 4 aromatic rings. The highest BCUT2D eigenvalue weighted by Crippen LogP contribution is 2.57. The Kier molecular flexibility index (Phi) is 8.35. The highest BCUT2D eigenvalue weighted by atomic mass is 31.1. The third-order valence-corrected chi connectivity index (χ3v) is 10.00. The average Bonchev–Trinajstić information content (AvgIpc) is 3.34. The molecule has 0 bridgehead atoms. The van der Waals surface area contributed by atoms with Crippen molar-refractivity contribution in [3.05, 3.63) is 155 Å². The van der Waals surface area contributed by atoms with Gasteiger partial charge in [0.15, 0.2) is 0 Å². The molecule has 0 aromatic heterocycles. The van der Waals surface area contributed by atoms with Crippen LogP contribution < -0.4 is 10.6 Å². The maximum Gasteiger partial charge on any atom is 0.0600 e. The summed E-state index contributed by atoms with van der Waals surface area (Å²) in [7, 11) is 8.08. The molecule has 192 valence electrons. The fourth-order valence-corrected chi connectivity index (χ4v) is 8.57. The fraction of sp³-hybridized carbons (Fsp3) is 0.200. The van der Waals surface area contributed by atoms with E-state index in [0.29, 0.717) is 0 Å². The second-order valence-corrected chi connectivity index (χ2v) is 12.5. The molecule has 1 aliphatic carbocycles. The molecular formula is C35H37N2P. The van der Waals surface area contributed by atoms with Crippen LogP contribution >= 0.6 is 7.92 Å². The van der Waals surface area contributed by atoms with Gasteiger partial charge in [-0.2, -0.15) is 0 Å². The van der Waals surface area contributed by atoms with E-state index < -0.39 is 7.92 Å². The van der Waals surface area contributed by atoms with Gasteiger partial charge in [0.05, 0.1) is 6.04 Å². The summed E-state index contributed by atoms with van der Waals surface area (Å²) in [6.45, 7) is 0. The van der Waals surface area contributed by atoms with Crippen LogP contribution in [-0.4, -0.2) is 38.0 Å². The number of likely N-dealkylation sites (N-methyl/N-ethyl adjacent to an activating group) is 1. The zero-order chi connectivity index (χ0) is 26.5. The molecule has 0 N–H and O–H groups in total. The van der Waals surface area contributed by atoms with Crippen LogP contribution in [0.15, 0.2) is 144 Å². The molecule has 0 radical (unpaired) electrons. The first-order chi connectivity index (χ1) is 18.6. The van der Waals surface area contributed by atoms with Crippen molar-refractivity contribution in [2.45, 2.75) is 12.1 Å². The summed E-state index contributed by atoms with van der Waals surface area (Å²) in [5.74, 6) is 0.250. The summed E-state index contributed by atoms with van der Waals surface area (Å²) in [5.41, 5.74) is 4.10. The van der Waals surface area contributed by atoms with Gasteiger partial charge >= 0.3 is 0 Å². The van der Waals surface area contributed by atoms with E-state index in [1.54, 1.807) is 5.31 Å². The van der Waals surface area contributed by atoms with E-state index in [1.165, 1.54) is 27.3 Å². The molecule has 1 unspecified atom stereocenters. The third-order valence-electron chi connectivity index (χ3n) is 7.33. The predicted molar refractivity (Wildman–Crippen MR) is 164 cm³/mol. The summed E-state index contributed by atoms with van der Waals surface area (Å²) < 4.78 is 0. The van der Waals surface area contributed by atoms with Crippen molar-refractivity contribution in [3.8, 4) is 0 Å². The number of rotatable bonds is 9. The highest BCUT2D eigenvalue weighted by Gasteiger charge is 2.38. The van der Waals surface area contributed by atoms with Crippen molar-refractivity contribution in [1.29, 1.82) is 0 Å². The summed E-state index contributed by atoms with van der Waals surface area (Å²) in [5, 5.41) is 4.33. The minimum absolute atomic E-state index is 0.170. The normalized spacial score (nSPS) is 17.0. The van der Waals surface area contributed by atoms with Crippen LogP contribution in [0.25, 0.3) is 0 Å². The van der Waals surface area contributed by atoms with Crippen molar-refractivity contribution in [1.82, 2.24) is 9.80 Å². The lowest BCUT2D eigenvalue weighted by molar-refractivity contribution is 0.264. The second-order valence-electron chi connectivity index (χ2n) is 10.3. The standard InChI is InChI=1S/C35H37N2P/c1-36(2)33(27-17-9-5-10-18-27)31-25-26-32(34(37(3)4)28-19-11-6-12-20-28)35(31)38(29-21-13-7-14-22-29)30-23-15-8-16-24-30/h5-26,31,33-34H,1-4H3/t31?,33-,34-/m1/s1. The van der Waals surface area contributed by atoms with Crippen LogP contribution in [-0.2, 0) is 0 Å². The Labute approximate surface area is 229 Å². The van der Waals surface area contributed by atoms with Gasteiger partial charge in [0.25, 0.3) is 0 Å². The Morgan fingerprint density at radius 2 is 1.00 bits per heavy atom. The first kappa shape index (κ1) is 26.3. The summed E-state index contributed by atoms with van der Waals surface area (Å²) in [6.07, 6.45) is 4.90. The minimum Gasteiger partial charge on any atom is -0.301 e. The average molecular weight is 517 g/mol. The first-order valence-electron chi connectivity index (χ1n) is 13.3. The Balaban J connectivity index is 1.78. The maximum absolute atomic E-state index is 2.48. The van der Waals surface area contributed by atoms with Crippen LogP contribution in [0.4, 0.5) is 0 Å². The van der Waals surface area contributed by atoms with Gasteiger partial charge in [0.1, 0.15) is 0 Å². The van der Waals surface area contributed by atoms with E-state index in [1.807, 2.05) is 0 Å². The molecule has 0 aliphatic heterocycles. The number of hydrogen-bond acceptors (Lipinski definition) is 2. The zero-order valence-electron chi connectivity index (χ0n) is 22.8. The summed E-state index contributed by atoms with van der Waals surface area (Å²) in [6, 6.07) is 44.6. The third kappa shape index (κ3) is 5.45. The second kappa shape index (κ2) is 12.0. The molecule has 0 saturated heterocycles. The Morgan fingerprint density at radius 3 is 1.45 bits per heavy atom. The van der Waals surface area contributed by atoms with Crippen molar-refractivity contribution in [3.63, 3.8) is 0 Å². The molecule has 0 heterocycles. The van der Waals surface area contributed by atoms with Gasteiger partial charge in [-0.15, -0.1) is 0 Å². The summed E-state index contributed by atoms with van der Waals surface area (Å²) in [4.78, 5) is 4.76. The number of benzene rings is 4. The van der Waals surface area contributed by atoms with Gasteiger partial charge in [-0.3, -0.25) is 4.90 Å². The van der Waals surface area contributed by atoms with Crippen molar-refractivity contribution in [2.24, 2.45) is 5.92 Å². The fourth-order valence-electron chi connectivity index (χ4n) is 5.79. The van der Waals surface area contributed by atoms with E-state index in [9.17, 15) is 0 Å². The van der Waals surface area contributed by atoms with Crippen LogP contribution in [0.5, 0.6) is 0 Å². The molecule has 4 aromatic carbocycles. The van der Waals surface area contributed by atoms with Gasteiger partial charge in [-0.05, 0) is 68.7 Å². The lowest BCUT2D eigenvalue weighted by atomic mass is 9.91. The van der Waals surface area contributed by atoms with Gasteiger partial charge in [-0.25, -0.2) is 0 Å². The summed E-state index contributed by atoms with van der Waals surface area (Å²) >= 11 is 0. The number of hydrogen-bond donors (Lipinski definition) is 0. The number of nitrogens with zero attached hydrogens (tertiary/aromatic N) is 2. The SMILES string of the molecule is CN(C)[C@H](c1ccccc1)C1C=CC([C@@H](c2ccccc2)N(C)C)=C1P(c1ccccc1)c1ccccc1. The molecule has 0 amide bonds. The van der Waals surface area contributed by atoms with Crippen molar-refractivity contribution < 1.29 is 0 Å². The molecule has 0 spiro atoms. The zero-order valence-corrected chi connectivity index (χ0v) is 23.7. The first-order valence-corrected chi connectivity index (χ1v) is 14.7. The Bertz CT molecular complexity index is 1320. The van der Waals surface area contributed by atoms with Gasteiger partial charge in [0, 0.05) is 12.0 Å². The van der Waals surface area contributed by atoms with Crippen molar-refractivity contribution in [2.75, 3.05) is 28.2 Å². The van der Waals surface area contributed by atoms with Crippen LogP contribution in [0.2, 0.25) is 0 Å². The molecule has 0 fully saturated rings. The van der Waals surface area contributed by atoms with Crippen molar-refractivity contribution >= 4 is 18.5 Å². The van der Waals surface area contributed by atoms with Gasteiger partial charge < -0.3 is 4.90 Å². The van der Waals surface area contributed by atoms with Crippen LogP contribution in [0.1, 0.15) is 23.2 Å². The molecule has 5 rings (SSSR count). The molecule has 3 heteroatoms. The van der Waals surface area contributed by atoms with Gasteiger partial charge in [0.2, 0.25) is 0 Å². The van der Waals surface area contributed by atoms with Crippen LogP contribution in [0, 0.1) is 5.92 Å². The molecule has 3 atom stereocenters. The van der Waals surface area contributed by atoms with E-state index >= 15 is 0 Å². The molecule has 1 aliphatic rings. The quantitative estimate of drug-likeness (QED) is 0.218. The Hall–Kier alpha value is -3.29. The topological polar surface area (TPSA) is 6.48 Å². The Morgan fingerprint density at radius 1 is 0.553 bits per heavy atom. The van der Waals surface area contributed by atoms with Gasteiger partial charge in [-0.1, -0.05) is 133 Å². The predicted octanol–water partition coefficient (Wildman–Crippen LogP) is 7.17.